The van der Waals surface area contributed by atoms with Gasteiger partial charge in [0.05, 0.1) is 0 Å². The third kappa shape index (κ3) is 3.37. The highest BCUT2D eigenvalue weighted by Crippen LogP contribution is 2.28. The number of aromatic nitrogens is 2. The summed E-state index contributed by atoms with van der Waals surface area (Å²) in [6.07, 6.45) is 2.54. The zero-order valence-electron chi connectivity index (χ0n) is 12.9. The number of aryl methyl sites for hydroxylation is 1. The van der Waals surface area contributed by atoms with Gasteiger partial charge >= 0.3 is 5.63 Å². The third-order valence-electron chi connectivity index (χ3n) is 3.41. The van der Waals surface area contributed by atoms with E-state index in [-0.39, 0.29) is 5.71 Å². The third-order valence-corrected chi connectivity index (χ3v) is 3.96. The molecule has 3 aromatic rings. The van der Waals surface area contributed by atoms with Gasteiger partial charge in [-0.15, -0.1) is 0 Å². The van der Waals surface area contributed by atoms with Gasteiger partial charge in [0.25, 0.3) is 0 Å². The summed E-state index contributed by atoms with van der Waals surface area (Å²) in [6, 6.07) is 11.3. The van der Waals surface area contributed by atoms with Gasteiger partial charge in [-0.05, 0) is 23.8 Å². The molecular formula is C17H16N2O3S. The Balaban J connectivity index is 2.08. The molecule has 3 rings (SSSR count). The Morgan fingerprint density at radius 3 is 2.70 bits per heavy atom. The van der Waals surface area contributed by atoms with Gasteiger partial charge in [-0.25, -0.2) is 4.79 Å². The summed E-state index contributed by atoms with van der Waals surface area (Å²) in [4.78, 5) is 20.4. The van der Waals surface area contributed by atoms with Crippen molar-refractivity contribution in [3.05, 3.63) is 57.9 Å². The van der Waals surface area contributed by atoms with Gasteiger partial charge in [-0.2, -0.15) is 9.97 Å². The number of benzene rings is 1. The Morgan fingerprint density at radius 2 is 2.00 bits per heavy atom. The molecule has 0 atom stereocenters. The van der Waals surface area contributed by atoms with Crippen molar-refractivity contribution < 1.29 is 9.15 Å². The largest absolute Gasteiger partial charge is 0.472 e. The smallest absolute Gasteiger partial charge is 0.337 e. The minimum absolute atomic E-state index is 0.275. The van der Waals surface area contributed by atoms with Crippen LogP contribution in [-0.2, 0) is 13.0 Å². The van der Waals surface area contributed by atoms with Gasteiger partial charge in [0.15, 0.2) is 5.16 Å². The average Bonchev–Trinajstić information content (AvgIpc) is 2.59. The topological polar surface area (TPSA) is 65.2 Å². The fourth-order valence-corrected chi connectivity index (χ4v) is 2.64. The molecule has 0 aliphatic rings. The number of hydrogen-bond acceptors (Lipinski definition) is 6. The van der Waals surface area contributed by atoms with Crippen LogP contribution in [0, 0.1) is 0 Å². The van der Waals surface area contributed by atoms with E-state index >= 15 is 0 Å². The molecule has 0 spiro atoms. The van der Waals surface area contributed by atoms with E-state index in [1.165, 1.54) is 17.8 Å². The summed E-state index contributed by atoms with van der Waals surface area (Å²) in [5, 5.41) is 1.18. The highest BCUT2D eigenvalue weighted by Gasteiger charge is 2.15. The predicted molar refractivity (Wildman–Crippen MR) is 90.0 cm³/mol. The van der Waals surface area contributed by atoms with Crippen LogP contribution in [0.25, 0.3) is 11.1 Å². The summed E-state index contributed by atoms with van der Waals surface area (Å²) in [5.74, 6) is 0.448. The van der Waals surface area contributed by atoms with Gasteiger partial charge in [0, 0.05) is 6.07 Å². The zero-order chi connectivity index (χ0) is 16.2. The van der Waals surface area contributed by atoms with Crippen molar-refractivity contribution in [3.63, 3.8) is 0 Å². The van der Waals surface area contributed by atoms with Crippen molar-refractivity contribution >= 4 is 22.9 Å². The second-order valence-electron chi connectivity index (χ2n) is 4.91. The lowest BCUT2D eigenvalue weighted by molar-refractivity contribution is 0.294. The number of rotatable bonds is 5. The highest BCUT2D eigenvalue weighted by molar-refractivity contribution is 7.98. The summed E-state index contributed by atoms with van der Waals surface area (Å²) < 4.78 is 11.1. The minimum atomic E-state index is -0.408. The molecule has 0 saturated carbocycles. The van der Waals surface area contributed by atoms with Crippen LogP contribution in [0.2, 0.25) is 0 Å². The second-order valence-corrected chi connectivity index (χ2v) is 5.69. The first kappa shape index (κ1) is 15.6. The molecule has 0 aliphatic heterocycles. The molecule has 1 aromatic carbocycles. The van der Waals surface area contributed by atoms with E-state index in [1.54, 1.807) is 0 Å². The Morgan fingerprint density at radius 1 is 1.22 bits per heavy atom. The number of hydrogen-bond donors (Lipinski definition) is 0. The Kier molecular flexibility index (Phi) is 4.62. The molecule has 0 bridgehead atoms. The van der Waals surface area contributed by atoms with Gasteiger partial charge in [-0.1, -0.05) is 49.0 Å². The monoisotopic (exact) mass is 328 g/mol. The molecule has 2 heterocycles. The van der Waals surface area contributed by atoms with Crippen LogP contribution < -0.4 is 10.4 Å². The quantitative estimate of drug-likeness (QED) is 0.528. The molecule has 0 N–H and O–H groups in total. The molecule has 0 unspecified atom stereocenters. The Hall–Kier alpha value is -2.34. The standard InChI is InChI=1S/C17H16N2O3S/c1-3-12-9-13(20)22-16-14(12)15(18-17(19-16)23-2)21-10-11-7-5-4-6-8-11/h4-9H,3,10H2,1-2H3. The van der Waals surface area contributed by atoms with Gasteiger partial charge in [-0.3, -0.25) is 0 Å². The van der Waals surface area contributed by atoms with Crippen LogP contribution in [0.15, 0.2) is 50.8 Å². The summed E-state index contributed by atoms with van der Waals surface area (Å²) in [5.41, 5.74) is 1.73. The molecule has 6 heteroatoms. The van der Waals surface area contributed by atoms with Crippen molar-refractivity contribution in [1.29, 1.82) is 0 Å². The Labute approximate surface area is 137 Å². The van der Waals surface area contributed by atoms with E-state index in [9.17, 15) is 4.79 Å². The van der Waals surface area contributed by atoms with Crippen molar-refractivity contribution in [2.45, 2.75) is 25.1 Å². The maximum absolute atomic E-state index is 11.7. The van der Waals surface area contributed by atoms with Crippen LogP contribution in [-0.4, -0.2) is 16.2 Å². The summed E-state index contributed by atoms with van der Waals surface area (Å²) in [6.45, 7) is 2.36. The van der Waals surface area contributed by atoms with Crippen LogP contribution >= 0.6 is 11.8 Å². The number of ether oxygens (including phenoxy) is 1. The average molecular weight is 328 g/mol. The van der Waals surface area contributed by atoms with Crippen LogP contribution in [0.1, 0.15) is 18.1 Å². The first-order valence-electron chi connectivity index (χ1n) is 7.26. The van der Waals surface area contributed by atoms with E-state index in [0.717, 1.165) is 11.1 Å². The fraction of sp³-hybridized carbons (Fsp3) is 0.235. The molecule has 5 nitrogen and oxygen atoms in total. The van der Waals surface area contributed by atoms with E-state index in [4.69, 9.17) is 9.15 Å². The number of thioether (sulfide) groups is 1. The highest BCUT2D eigenvalue weighted by atomic mass is 32.2. The van der Waals surface area contributed by atoms with Gasteiger partial charge < -0.3 is 9.15 Å². The van der Waals surface area contributed by atoms with Gasteiger partial charge in [0.2, 0.25) is 11.6 Å². The molecule has 118 valence electrons. The molecule has 0 fully saturated rings. The molecule has 0 saturated heterocycles. The van der Waals surface area contributed by atoms with Crippen molar-refractivity contribution in [1.82, 2.24) is 9.97 Å². The maximum atomic E-state index is 11.7. The molecule has 0 aliphatic carbocycles. The minimum Gasteiger partial charge on any atom is -0.472 e. The van der Waals surface area contributed by atoms with Crippen molar-refractivity contribution in [3.8, 4) is 5.88 Å². The van der Waals surface area contributed by atoms with E-state index in [0.29, 0.717) is 29.5 Å². The maximum Gasteiger partial charge on any atom is 0.337 e. The first-order chi connectivity index (χ1) is 11.2. The van der Waals surface area contributed by atoms with Crippen LogP contribution in [0.3, 0.4) is 0 Å². The predicted octanol–water partition coefficient (Wildman–Crippen LogP) is 3.45. The lowest BCUT2D eigenvalue weighted by Gasteiger charge is -2.11. The lowest BCUT2D eigenvalue weighted by atomic mass is 10.1. The summed E-state index contributed by atoms with van der Waals surface area (Å²) >= 11 is 1.37. The fourth-order valence-electron chi connectivity index (χ4n) is 2.29. The number of nitrogens with zero attached hydrogens (tertiary/aromatic N) is 2. The van der Waals surface area contributed by atoms with Crippen molar-refractivity contribution in [2.24, 2.45) is 0 Å². The summed E-state index contributed by atoms with van der Waals surface area (Å²) in [7, 11) is 0. The van der Waals surface area contributed by atoms with Gasteiger partial charge in [0.1, 0.15) is 12.0 Å². The van der Waals surface area contributed by atoms with Crippen LogP contribution in [0.5, 0.6) is 5.88 Å². The molecule has 2 aromatic heterocycles. The van der Waals surface area contributed by atoms with Crippen LogP contribution in [0.4, 0.5) is 0 Å². The normalized spacial score (nSPS) is 10.9. The molecule has 0 radical (unpaired) electrons. The molecule has 23 heavy (non-hydrogen) atoms. The van der Waals surface area contributed by atoms with E-state index in [1.807, 2.05) is 43.5 Å². The second kappa shape index (κ2) is 6.83. The molecular weight excluding hydrogens is 312 g/mol. The SMILES string of the molecule is CCc1cc(=O)oc2nc(SC)nc(OCc3ccccc3)c12. The molecule has 0 amide bonds. The Bertz CT molecular complexity index is 878. The van der Waals surface area contributed by atoms with E-state index < -0.39 is 5.63 Å². The lowest BCUT2D eigenvalue weighted by Crippen LogP contribution is -2.06. The first-order valence-corrected chi connectivity index (χ1v) is 8.49. The van der Waals surface area contributed by atoms with Crippen molar-refractivity contribution in [2.75, 3.05) is 6.26 Å². The zero-order valence-corrected chi connectivity index (χ0v) is 13.7. The van der Waals surface area contributed by atoms with E-state index in [2.05, 4.69) is 9.97 Å². The number of fused-ring (bicyclic) bond motifs is 1.